The van der Waals surface area contributed by atoms with Gasteiger partial charge in [0.25, 0.3) is 0 Å². The maximum absolute atomic E-state index is 10.1. The van der Waals surface area contributed by atoms with Crippen LogP contribution in [0.25, 0.3) is 0 Å². The molecule has 0 bridgehead atoms. The molecule has 0 spiro atoms. The monoisotopic (exact) mass is 255 g/mol. The zero-order valence-electron chi connectivity index (χ0n) is 12.5. The summed E-state index contributed by atoms with van der Waals surface area (Å²) in [4.78, 5) is 0. The molecule has 0 aromatic rings. The van der Waals surface area contributed by atoms with Gasteiger partial charge in [-0.3, -0.25) is 0 Å². The number of unbranched alkanes of at least 4 members (excludes halogenated alkanes) is 7. The second-order valence-corrected chi connectivity index (χ2v) is 6.28. The van der Waals surface area contributed by atoms with E-state index in [-0.39, 0.29) is 0 Å². The lowest BCUT2D eigenvalue weighted by Gasteiger charge is -2.23. The van der Waals surface area contributed by atoms with Gasteiger partial charge in [-0.2, -0.15) is 0 Å². The lowest BCUT2D eigenvalue weighted by atomic mass is 10.0. The minimum absolute atomic E-state index is 0.458. The number of rotatable bonds is 12. The summed E-state index contributed by atoms with van der Waals surface area (Å²) >= 11 is 0. The molecule has 0 radical (unpaired) electrons. The van der Waals surface area contributed by atoms with Crippen LogP contribution >= 0.6 is 0 Å². The molecule has 18 heavy (non-hydrogen) atoms. The van der Waals surface area contributed by atoms with Crippen LogP contribution in [0, 0.1) is 5.92 Å². The van der Waals surface area contributed by atoms with Crippen LogP contribution in [0.1, 0.15) is 78.1 Å². The zero-order chi connectivity index (χ0) is 13.3. The van der Waals surface area contributed by atoms with E-state index in [0.29, 0.717) is 5.92 Å². The Kier molecular flexibility index (Phi) is 7.92. The molecule has 0 heterocycles. The quantitative estimate of drug-likeness (QED) is 0.519. The average Bonchev–Trinajstić information content (AvgIpc) is 3.16. The van der Waals surface area contributed by atoms with Crippen molar-refractivity contribution >= 4 is 0 Å². The van der Waals surface area contributed by atoms with Gasteiger partial charge in [-0.15, -0.1) is 0 Å². The van der Waals surface area contributed by atoms with E-state index in [9.17, 15) is 5.11 Å². The van der Waals surface area contributed by atoms with Gasteiger partial charge in [0.2, 0.25) is 0 Å². The molecule has 1 atom stereocenters. The molecule has 0 aliphatic heterocycles. The van der Waals surface area contributed by atoms with Crippen molar-refractivity contribution in [3.05, 3.63) is 0 Å². The first-order valence-corrected chi connectivity index (χ1v) is 8.10. The first kappa shape index (κ1) is 16.0. The largest absolute Gasteiger partial charge is 0.389 e. The molecule has 0 aromatic heterocycles. The van der Waals surface area contributed by atoms with Gasteiger partial charge in [-0.1, -0.05) is 51.9 Å². The van der Waals surface area contributed by atoms with E-state index in [0.717, 1.165) is 13.1 Å². The fourth-order valence-corrected chi connectivity index (χ4v) is 2.57. The Hall–Kier alpha value is -0.0800. The second-order valence-electron chi connectivity index (χ2n) is 6.28. The average molecular weight is 255 g/mol. The van der Waals surface area contributed by atoms with E-state index in [1.165, 1.54) is 64.2 Å². The van der Waals surface area contributed by atoms with Crippen LogP contribution in [-0.2, 0) is 0 Å². The van der Waals surface area contributed by atoms with Crippen LogP contribution in [0.5, 0.6) is 0 Å². The summed E-state index contributed by atoms with van der Waals surface area (Å²) in [5, 5.41) is 13.5. The Balaban J connectivity index is 1.78. The maximum Gasteiger partial charge on any atom is 0.0771 e. The highest BCUT2D eigenvalue weighted by Gasteiger charge is 2.39. The highest BCUT2D eigenvalue weighted by Crippen LogP contribution is 2.38. The van der Waals surface area contributed by atoms with Gasteiger partial charge in [0.05, 0.1) is 5.60 Å². The SMILES string of the molecule is CCCCCCCCCCNCC(C)(O)C1CC1. The summed E-state index contributed by atoms with van der Waals surface area (Å²) < 4.78 is 0. The molecule has 0 amide bonds. The summed E-state index contributed by atoms with van der Waals surface area (Å²) in [5.41, 5.74) is -0.458. The lowest BCUT2D eigenvalue weighted by molar-refractivity contribution is 0.0371. The van der Waals surface area contributed by atoms with Crippen molar-refractivity contribution in [1.82, 2.24) is 5.32 Å². The maximum atomic E-state index is 10.1. The van der Waals surface area contributed by atoms with Gasteiger partial charge in [0.15, 0.2) is 0 Å². The Bertz CT molecular complexity index is 199. The second kappa shape index (κ2) is 8.92. The fourth-order valence-electron chi connectivity index (χ4n) is 2.57. The standard InChI is InChI=1S/C16H33NO/c1-3-4-5-6-7-8-9-10-13-17-14-16(2,18)15-11-12-15/h15,17-18H,3-14H2,1-2H3. The zero-order valence-corrected chi connectivity index (χ0v) is 12.5. The van der Waals surface area contributed by atoms with Crippen molar-refractivity contribution in [2.75, 3.05) is 13.1 Å². The topological polar surface area (TPSA) is 32.3 Å². The molecule has 1 rings (SSSR count). The summed E-state index contributed by atoms with van der Waals surface area (Å²) in [6, 6.07) is 0. The van der Waals surface area contributed by atoms with Crippen molar-refractivity contribution in [3.8, 4) is 0 Å². The van der Waals surface area contributed by atoms with Crippen molar-refractivity contribution in [1.29, 1.82) is 0 Å². The molecule has 1 aliphatic rings. The van der Waals surface area contributed by atoms with Gasteiger partial charge in [0.1, 0.15) is 0 Å². The summed E-state index contributed by atoms with van der Waals surface area (Å²) in [5.74, 6) is 0.559. The van der Waals surface area contributed by atoms with Crippen molar-refractivity contribution in [3.63, 3.8) is 0 Å². The van der Waals surface area contributed by atoms with Crippen LogP contribution in [0.4, 0.5) is 0 Å². The van der Waals surface area contributed by atoms with Crippen LogP contribution in [0.15, 0.2) is 0 Å². The van der Waals surface area contributed by atoms with E-state index in [4.69, 9.17) is 0 Å². The van der Waals surface area contributed by atoms with Gasteiger partial charge in [-0.25, -0.2) is 0 Å². The number of hydrogen-bond acceptors (Lipinski definition) is 2. The molecule has 2 heteroatoms. The number of nitrogens with one attached hydrogen (secondary N) is 1. The van der Waals surface area contributed by atoms with Crippen molar-refractivity contribution in [2.24, 2.45) is 5.92 Å². The number of aliphatic hydroxyl groups is 1. The molecule has 1 aliphatic carbocycles. The molecule has 2 N–H and O–H groups in total. The number of hydrogen-bond donors (Lipinski definition) is 2. The van der Waals surface area contributed by atoms with E-state index in [1.54, 1.807) is 0 Å². The third-order valence-corrected chi connectivity index (χ3v) is 4.15. The predicted molar refractivity (Wildman–Crippen MR) is 78.8 cm³/mol. The van der Waals surface area contributed by atoms with Gasteiger partial charge in [0, 0.05) is 6.54 Å². The smallest absolute Gasteiger partial charge is 0.0771 e. The van der Waals surface area contributed by atoms with E-state index in [2.05, 4.69) is 12.2 Å². The summed E-state index contributed by atoms with van der Waals surface area (Å²) in [6.45, 7) is 6.08. The van der Waals surface area contributed by atoms with Crippen LogP contribution in [0.2, 0.25) is 0 Å². The Morgan fingerprint density at radius 1 is 1.00 bits per heavy atom. The Morgan fingerprint density at radius 3 is 2.11 bits per heavy atom. The molecule has 0 aromatic carbocycles. The Morgan fingerprint density at radius 2 is 1.56 bits per heavy atom. The van der Waals surface area contributed by atoms with Crippen molar-refractivity contribution in [2.45, 2.75) is 83.7 Å². The third kappa shape index (κ3) is 7.38. The van der Waals surface area contributed by atoms with E-state index >= 15 is 0 Å². The fraction of sp³-hybridized carbons (Fsp3) is 1.00. The molecule has 1 unspecified atom stereocenters. The first-order chi connectivity index (χ1) is 8.67. The molecule has 1 saturated carbocycles. The highest BCUT2D eigenvalue weighted by molar-refractivity contribution is 4.92. The first-order valence-electron chi connectivity index (χ1n) is 8.10. The van der Waals surface area contributed by atoms with Gasteiger partial charge < -0.3 is 10.4 Å². The minimum Gasteiger partial charge on any atom is -0.389 e. The summed E-state index contributed by atoms with van der Waals surface area (Å²) in [7, 11) is 0. The normalized spacial score (nSPS) is 18.8. The molecular formula is C16H33NO. The molecule has 0 saturated heterocycles. The molecule has 2 nitrogen and oxygen atoms in total. The van der Waals surface area contributed by atoms with Crippen LogP contribution < -0.4 is 5.32 Å². The highest BCUT2D eigenvalue weighted by atomic mass is 16.3. The Labute approximate surface area is 114 Å². The van der Waals surface area contributed by atoms with Crippen LogP contribution in [-0.4, -0.2) is 23.8 Å². The van der Waals surface area contributed by atoms with Crippen LogP contribution in [0.3, 0.4) is 0 Å². The molecule has 1 fully saturated rings. The lowest BCUT2D eigenvalue weighted by Crippen LogP contribution is -2.40. The van der Waals surface area contributed by atoms with E-state index in [1.807, 2.05) is 6.92 Å². The van der Waals surface area contributed by atoms with Crippen molar-refractivity contribution < 1.29 is 5.11 Å². The predicted octanol–water partition coefficient (Wildman–Crippen LogP) is 3.88. The molecular weight excluding hydrogens is 222 g/mol. The minimum atomic E-state index is -0.458. The van der Waals surface area contributed by atoms with E-state index < -0.39 is 5.60 Å². The van der Waals surface area contributed by atoms with Gasteiger partial charge >= 0.3 is 0 Å². The third-order valence-electron chi connectivity index (χ3n) is 4.15. The summed E-state index contributed by atoms with van der Waals surface area (Å²) in [6.07, 6.45) is 13.4. The van der Waals surface area contributed by atoms with Gasteiger partial charge in [-0.05, 0) is 38.6 Å². The molecule has 108 valence electrons.